The summed E-state index contributed by atoms with van der Waals surface area (Å²) in [6.07, 6.45) is 0. The first-order valence-corrected chi connectivity index (χ1v) is 6.96. The fourth-order valence-corrected chi connectivity index (χ4v) is 1.52. The summed E-state index contributed by atoms with van der Waals surface area (Å²) in [6, 6.07) is 4.60. The van der Waals surface area contributed by atoms with E-state index in [9.17, 15) is 4.39 Å². The lowest BCUT2D eigenvalue weighted by atomic mass is 10.1. The van der Waals surface area contributed by atoms with E-state index in [1.54, 1.807) is 6.07 Å². The number of phenols is 1. The molecule has 0 aliphatic carbocycles. The van der Waals surface area contributed by atoms with Crippen molar-refractivity contribution < 1.29 is 9.50 Å². The zero-order valence-corrected chi connectivity index (χ0v) is 15.3. The van der Waals surface area contributed by atoms with Crippen molar-refractivity contribution in [1.82, 2.24) is 10.6 Å². The number of aromatic hydroxyl groups is 1. The van der Waals surface area contributed by atoms with E-state index in [1.165, 1.54) is 12.1 Å². The van der Waals surface area contributed by atoms with Gasteiger partial charge in [0.1, 0.15) is 0 Å². The van der Waals surface area contributed by atoms with Crippen LogP contribution < -0.4 is 10.6 Å². The molecule has 0 heterocycles. The zero-order chi connectivity index (χ0) is 15.1. The highest BCUT2D eigenvalue weighted by Gasteiger charge is 2.09. The van der Waals surface area contributed by atoms with E-state index >= 15 is 0 Å². The third kappa shape index (κ3) is 6.97. The van der Waals surface area contributed by atoms with Gasteiger partial charge in [-0.15, -0.1) is 24.0 Å². The predicted molar refractivity (Wildman–Crippen MR) is 95.7 cm³/mol. The van der Waals surface area contributed by atoms with Gasteiger partial charge < -0.3 is 15.7 Å². The van der Waals surface area contributed by atoms with Crippen molar-refractivity contribution in [2.45, 2.75) is 40.3 Å². The fraction of sp³-hybridized carbons (Fsp3) is 0.533. The number of aliphatic imine (C=N–C) groups is 1. The molecule has 1 rings (SSSR count). The molecule has 0 aliphatic rings. The Hall–Kier alpha value is -1.05. The first kappa shape index (κ1) is 19.9. The maximum absolute atomic E-state index is 13.2. The van der Waals surface area contributed by atoms with Crippen molar-refractivity contribution in [1.29, 1.82) is 0 Å². The molecule has 1 unspecified atom stereocenters. The molecular weight excluding hydrogens is 384 g/mol. The number of hydrogen-bond acceptors (Lipinski definition) is 2. The van der Waals surface area contributed by atoms with E-state index in [-0.39, 0.29) is 29.7 Å². The molecule has 0 amide bonds. The summed E-state index contributed by atoms with van der Waals surface area (Å²) in [5, 5.41) is 15.6. The molecule has 0 aliphatic heterocycles. The second-order valence-electron chi connectivity index (χ2n) is 5.16. The molecule has 0 radical (unpaired) electrons. The molecule has 1 aromatic carbocycles. The average Bonchev–Trinajstić information content (AvgIpc) is 2.39. The first-order chi connectivity index (χ1) is 9.43. The summed E-state index contributed by atoms with van der Waals surface area (Å²) in [5.41, 5.74) is 0.717. The summed E-state index contributed by atoms with van der Waals surface area (Å²) in [7, 11) is 0. The highest BCUT2D eigenvalue weighted by molar-refractivity contribution is 14.0. The van der Waals surface area contributed by atoms with Gasteiger partial charge in [0.05, 0.1) is 6.54 Å². The number of nitrogens with zero attached hydrogens (tertiary/aromatic N) is 1. The highest BCUT2D eigenvalue weighted by atomic mass is 127. The van der Waals surface area contributed by atoms with Gasteiger partial charge in [-0.3, -0.25) is 0 Å². The van der Waals surface area contributed by atoms with Crippen LogP contribution in [0.2, 0.25) is 0 Å². The zero-order valence-electron chi connectivity index (χ0n) is 13.0. The van der Waals surface area contributed by atoms with Crippen molar-refractivity contribution in [2.24, 2.45) is 10.9 Å². The Morgan fingerprint density at radius 2 is 2.00 bits per heavy atom. The van der Waals surface area contributed by atoms with Gasteiger partial charge in [-0.2, -0.15) is 0 Å². The maximum Gasteiger partial charge on any atom is 0.191 e. The molecule has 6 heteroatoms. The van der Waals surface area contributed by atoms with Gasteiger partial charge >= 0.3 is 0 Å². The van der Waals surface area contributed by atoms with Gasteiger partial charge in [-0.25, -0.2) is 9.38 Å². The summed E-state index contributed by atoms with van der Waals surface area (Å²) in [5.74, 6) is 0.245. The molecule has 1 aromatic rings. The van der Waals surface area contributed by atoms with Crippen molar-refractivity contribution in [3.05, 3.63) is 29.6 Å². The molecular formula is C15H25FIN3O. The number of benzene rings is 1. The van der Waals surface area contributed by atoms with E-state index in [0.29, 0.717) is 24.5 Å². The standard InChI is InChI=1S/C15H24FN3O.HI/c1-5-17-15(19-11(4)10(2)3)18-9-12-6-7-14(20)13(16)8-12;/h6-8,10-11,20H,5,9H2,1-4H3,(H2,17,18,19);1H. The minimum atomic E-state index is -0.619. The monoisotopic (exact) mass is 409 g/mol. The molecule has 0 spiro atoms. The van der Waals surface area contributed by atoms with Crippen LogP contribution in [-0.2, 0) is 6.54 Å². The fourth-order valence-electron chi connectivity index (χ4n) is 1.52. The average molecular weight is 409 g/mol. The minimum Gasteiger partial charge on any atom is -0.505 e. The quantitative estimate of drug-likeness (QED) is 0.398. The largest absolute Gasteiger partial charge is 0.505 e. The normalized spacial score (nSPS) is 12.8. The Morgan fingerprint density at radius 1 is 1.33 bits per heavy atom. The van der Waals surface area contributed by atoms with Crippen LogP contribution in [0.1, 0.15) is 33.3 Å². The number of nitrogens with one attached hydrogen (secondary N) is 2. The lowest BCUT2D eigenvalue weighted by Gasteiger charge is -2.20. The lowest BCUT2D eigenvalue weighted by Crippen LogP contribution is -2.44. The number of rotatable bonds is 5. The van der Waals surface area contributed by atoms with E-state index in [4.69, 9.17) is 5.11 Å². The molecule has 0 bridgehead atoms. The first-order valence-electron chi connectivity index (χ1n) is 6.96. The third-order valence-electron chi connectivity index (χ3n) is 3.14. The Balaban J connectivity index is 0.00000400. The summed E-state index contributed by atoms with van der Waals surface area (Å²) in [4.78, 5) is 4.42. The highest BCUT2D eigenvalue weighted by Crippen LogP contribution is 2.16. The van der Waals surface area contributed by atoms with E-state index in [2.05, 4.69) is 36.4 Å². The van der Waals surface area contributed by atoms with Crippen molar-refractivity contribution in [3.63, 3.8) is 0 Å². The summed E-state index contributed by atoms with van der Waals surface area (Å²) < 4.78 is 13.2. The SMILES string of the molecule is CCNC(=NCc1ccc(O)c(F)c1)NC(C)C(C)C.I. The second kappa shape index (κ2) is 9.81. The molecule has 21 heavy (non-hydrogen) atoms. The molecule has 0 aromatic heterocycles. The Kier molecular flexibility index (Phi) is 9.32. The number of hydrogen-bond donors (Lipinski definition) is 3. The van der Waals surface area contributed by atoms with Crippen LogP contribution in [0.5, 0.6) is 5.75 Å². The second-order valence-corrected chi connectivity index (χ2v) is 5.16. The molecule has 4 nitrogen and oxygen atoms in total. The molecule has 0 saturated heterocycles. The van der Waals surface area contributed by atoms with Crippen molar-refractivity contribution >= 4 is 29.9 Å². The molecule has 120 valence electrons. The molecule has 1 atom stereocenters. The number of guanidine groups is 1. The van der Waals surface area contributed by atoms with Crippen LogP contribution in [0.25, 0.3) is 0 Å². The summed E-state index contributed by atoms with van der Waals surface area (Å²) >= 11 is 0. The van der Waals surface area contributed by atoms with Crippen LogP contribution in [0.3, 0.4) is 0 Å². The van der Waals surface area contributed by atoms with Crippen molar-refractivity contribution in [3.8, 4) is 5.75 Å². The van der Waals surface area contributed by atoms with Crippen molar-refractivity contribution in [2.75, 3.05) is 6.54 Å². The van der Waals surface area contributed by atoms with Gasteiger partial charge in [0.2, 0.25) is 0 Å². The van der Waals surface area contributed by atoms with Gasteiger partial charge in [-0.05, 0) is 37.5 Å². The predicted octanol–water partition coefficient (Wildman–Crippen LogP) is 3.25. The molecule has 0 saturated carbocycles. The maximum atomic E-state index is 13.2. The van der Waals surface area contributed by atoms with Crippen LogP contribution in [0.15, 0.2) is 23.2 Å². The number of halogens is 2. The number of phenolic OH excluding ortho intramolecular Hbond substituents is 1. The Morgan fingerprint density at radius 3 is 2.52 bits per heavy atom. The van der Waals surface area contributed by atoms with E-state index in [0.717, 1.165) is 12.1 Å². The van der Waals surface area contributed by atoms with Gasteiger partial charge in [0.15, 0.2) is 17.5 Å². The van der Waals surface area contributed by atoms with Gasteiger partial charge in [0.25, 0.3) is 0 Å². The van der Waals surface area contributed by atoms with Gasteiger partial charge in [0, 0.05) is 12.6 Å². The van der Waals surface area contributed by atoms with Gasteiger partial charge in [-0.1, -0.05) is 19.9 Å². The van der Waals surface area contributed by atoms with Crippen LogP contribution >= 0.6 is 24.0 Å². The van der Waals surface area contributed by atoms with Crippen LogP contribution in [0, 0.1) is 11.7 Å². The Labute approximate surface area is 143 Å². The third-order valence-corrected chi connectivity index (χ3v) is 3.14. The van der Waals surface area contributed by atoms with Crippen LogP contribution in [-0.4, -0.2) is 23.7 Å². The smallest absolute Gasteiger partial charge is 0.191 e. The summed E-state index contributed by atoms with van der Waals surface area (Å²) in [6.45, 7) is 9.49. The molecule has 3 N–H and O–H groups in total. The Bertz CT molecular complexity index is 466. The van der Waals surface area contributed by atoms with Crippen LogP contribution in [0.4, 0.5) is 4.39 Å². The minimum absolute atomic E-state index is 0. The molecule has 0 fully saturated rings. The topological polar surface area (TPSA) is 56.7 Å². The van der Waals surface area contributed by atoms with E-state index in [1.807, 2.05) is 6.92 Å². The lowest BCUT2D eigenvalue weighted by molar-refractivity contribution is 0.432. The van der Waals surface area contributed by atoms with E-state index < -0.39 is 5.82 Å².